The fourth-order valence-corrected chi connectivity index (χ4v) is 4.19. The summed E-state index contributed by atoms with van der Waals surface area (Å²) in [5.41, 5.74) is 0.881. The molecule has 0 atom stereocenters. The van der Waals surface area contributed by atoms with Gasteiger partial charge in [-0.3, -0.25) is 4.79 Å². The second-order valence-corrected chi connectivity index (χ2v) is 7.57. The minimum absolute atomic E-state index is 0.113. The number of thiophene rings is 1. The predicted octanol–water partition coefficient (Wildman–Crippen LogP) is 4.33. The molecule has 2 aromatic heterocycles. The Balaban J connectivity index is 1.58. The van der Waals surface area contributed by atoms with E-state index >= 15 is 0 Å². The number of ether oxygens (including phenoxy) is 1. The predicted molar refractivity (Wildman–Crippen MR) is 95.6 cm³/mol. The summed E-state index contributed by atoms with van der Waals surface area (Å²) in [7, 11) is 1.63. The quantitative estimate of drug-likeness (QED) is 0.498. The SMILES string of the molecule is COc1cccc(Nc2nnc(SCC(=O)c3cccs3)s2)c1. The van der Waals surface area contributed by atoms with E-state index in [2.05, 4.69) is 15.5 Å². The normalized spacial score (nSPS) is 10.5. The van der Waals surface area contributed by atoms with Gasteiger partial charge in [0, 0.05) is 11.8 Å². The van der Waals surface area contributed by atoms with E-state index in [4.69, 9.17) is 4.74 Å². The molecule has 0 spiro atoms. The first-order chi connectivity index (χ1) is 11.2. The highest BCUT2D eigenvalue weighted by Crippen LogP contribution is 2.29. The van der Waals surface area contributed by atoms with Crippen molar-refractivity contribution in [2.45, 2.75) is 4.34 Å². The number of ketones is 1. The van der Waals surface area contributed by atoms with Crippen LogP contribution in [0.3, 0.4) is 0 Å². The third-order valence-electron chi connectivity index (χ3n) is 2.85. The lowest BCUT2D eigenvalue weighted by molar-refractivity contribution is 0.102. The Morgan fingerprint density at radius 2 is 2.22 bits per heavy atom. The zero-order valence-corrected chi connectivity index (χ0v) is 14.6. The Morgan fingerprint density at radius 1 is 1.30 bits per heavy atom. The number of Topliss-reactive ketones (excluding diaryl/α,β-unsaturated/α-hetero) is 1. The number of carbonyl (C=O) groups is 1. The van der Waals surface area contributed by atoms with Crippen molar-refractivity contribution in [1.29, 1.82) is 0 Å². The minimum atomic E-state index is 0.113. The van der Waals surface area contributed by atoms with Crippen molar-refractivity contribution in [2.75, 3.05) is 18.2 Å². The monoisotopic (exact) mass is 363 g/mol. The number of anilines is 2. The topological polar surface area (TPSA) is 64.1 Å². The van der Waals surface area contributed by atoms with E-state index in [1.54, 1.807) is 7.11 Å². The lowest BCUT2D eigenvalue weighted by Crippen LogP contribution is -1.98. The van der Waals surface area contributed by atoms with E-state index in [0.717, 1.165) is 20.7 Å². The van der Waals surface area contributed by atoms with Crippen LogP contribution in [0.25, 0.3) is 0 Å². The van der Waals surface area contributed by atoms with Crippen LogP contribution in [0, 0.1) is 0 Å². The van der Waals surface area contributed by atoms with Crippen LogP contribution in [0.1, 0.15) is 9.67 Å². The van der Waals surface area contributed by atoms with Crippen molar-refractivity contribution >= 4 is 51.0 Å². The fourth-order valence-electron chi connectivity index (χ4n) is 1.78. The van der Waals surface area contributed by atoms with Crippen molar-refractivity contribution in [3.8, 4) is 5.75 Å². The van der Waals surface area contributed by atoms with E-state index < -0.39 is 0 Å². The van der Waals surface area contributed by atoms with Gasteiger partial charge >= 0.3 is 0 Å². The van der Waals surface area contributed by atoms with Crippen molar-refractivity contribution < 1.29 is 9.53 Å². The minimum Gasteiger partial charge on any atom is -0.497 e. The molecule has 23 heavy (non-hydrogen) atoms. The average molecular weight is 363 g/mol. The number of benzene rings is 1. The zero-order chi connectivity index (χ0) is 16.1. The molecule has 0 aliphatic rings. The lowest BCUT2D eigenvalue weighted by Gasteiger charge is -2.04. The number of rotatable bonds is 7. The van der Waals surface area contributed by atoms with Gasteiger partial charge in [0.1, 0.15) is 5.75 Å². The number of nitrogens with zero attached hydrogens (tertiary/aromatic N) is 2. The highest BCUT2D eigenvalue weighted by molar-refractivity contribution is 8.01. The number of aromatic nitrogens is 2. The van der Waals surface area contributed by atoms with Crippen molar-refractivity contribution in [3.05, 3.63) is 46.7 Å². The maximum Gasteiger partial charge on any atom is 0.210 e. The van der Waals surface area contributed by atoms with E-state index in [9.17, 15) is 4.79 Å². The molecule has 0 saturated heterocycles. The molecule has 8 heteroatoms. The molecular formula is C15H13N3O2S3. The van der Waals surface area contributed by atoms with Crippen LogP contribution in [0.4, 0.5) is 10.8 Å². The maximum absolute atomic E-state index is 12.0. The number of carbonyl (C=O) groups excluding carboxylic acids is 1. The summed E-state index contributed by atoms with van der Waals surface area (Å²) >= 11 is 4.28. The van der Waals surface area contributed by atoms with Crippen LogP contribution < -0.4 is 10.1 Å². The van der Waals surface area contributed by atoms with Crippen LogP contribution in [0.5, 0.6) is 5.75 Å². The summed E-state index contributed by atoms with van der Waals surface area (Å²) in [5.74, 6) is 1.26. The van der Waals surface area contributed by atoms with E-state index in [-0.39, 0.29) is 5.78 Å². The van der Waals surface area contributed by atoms with Gasteiger partial charge in [0.05, 0.1) is 17.7 Å². The van der Waals surface area contributed by atoms with Crippen LogP contribution in [-0.2, 0) is 0 Å². The van der Waals surface area contributed by atoms with Gasteiger partial charge in [0.15, 0.2) is 10.1 Å². The number of hydrogen-bond donors (Lipinski definition) is 1. The second kappa shape index (κ2) is 7.58. The highest BCUT2D eigenvalue weighted by Gasteiger charge is 2.11. The van der Waals surface area contributed by atoms with E-state index in [1.165, 1.54) is 34.4 Å². The summed E-state index contributed by atoms with van der Waals surface area (Å²) in [6.45, 7) is 0. The molecule has 0 bridgehead atoms. The second-order valence-electron chi connectivity index (χ2n) is 4.42. The molecule has 0 aliphatic heterocycles. The Kier molecular flexibility index (Phi) is 5.27. The van der Waals surface area contributed by atoms with Gasteiger partial charge in [0.25, 0.3) is 0 Å². The molecule has 0 saturated carbocycles. The smallest absolute Gasteiger partial charge is 0.210 e. The number of thioether (sulfide) groups is 1. The summed E-state index contributed by atoms with van der Waals surface area (Å²) in [5, 5.41) is 14.0. The summed E-state index contributed by atoms with van der Waals surface area (Å²) in [6, 6.07) is 11.3. The third kappa shape index (κ3) is 4.31. The molecule has 5 nitrogen and oxygen atoms in total. The van der Waals surface area contributed by atoms with Crippen molar-refractivity contribution in [2.24, 2.45) is 0 Å². The third-order valence-corrected chi connectivity index (χ3v) is 5.73. The van der Waals surface area contributed by atoms with Gasteiger partial charge in [-0.15, -0.1) is 21.5 Å². The van der Waals surface area contributed by atoms with Crippen LogP contribution in [0.15, 0.2) is 46.1 Å². The summed E-state index contributed by atoms with van der Waals surface area (Å²) in [6.07, 6.45) is 0. The molecule has 118 valence electrons. The van der Waals surface area contributed by atoms with Crippen molar-refractivity contribution in [1.82, 2.24) is 10.2 Å². The lowest BCUT2D eigenvalue weighted by atomic mass is 10.3. The molecule has 0 unspecified atom stereocenters. The van der Waals surface area contributed by atoms with Gasteiger partial charge in [-0.2, -0.15) is 0 Å². The fraction of sp³-hybridized carbons (Fsp3) is 0.133. The van der Waals surface area contributed by atoms with Crippen LogP contribution >= 0.6 is 34.4 Å². The van der Waals surface area contributed by atoms with Crippen LogP contribution in [0.2, 0.25) is 0 Å². The summed E-state index contributed by atoms with van der Waals surface area (Å²) in [4.78, 5) is 12.7. The molecule has 1 aromatic carbocycles. The Morgan fingerprint density at radius 3 is 3.00 bits per heavy atom. The molecule has 0 radical (unpaired) electrons. The first-order valence-electron chi connectivity index (χ1n) is 6.68. The van der Waals surface area contributed by atoms with Gasteiger partial charge in [-0.25, -0.2) is 0 Å². The van der Waals surface area contributed by atoms with Gasteiger partial charge in [0.2, 0.25) is 5.13 Å². The highest BCUT2D eigenvalue weighted by atomic mass is 32.2. The largest absolute Gasteiger partial charge is 0.497 e. The first kappa shape index (κ1) is 16.0. The van der Waals surface area contributed by atoms with E-state index in [0.29, 0.717) is 10.9 Å². The molecule has 0 fully saturated rings. The number of hydrogen-bond acceptors (Lipinski definition) is 8. The molecule has 3 aromatic rings. The molecule has 3 rings (SSSR count). The molecule has 0 amide bonds. The number of nitrogens with one attached hydrogen (secondary N) is 1. The zero-order valence-electron chi connectivity index (χ0n) is 12.2. The van der Waals surface area contributed by atoms with Crippen LogP contribution in [-0.4, -0.2) is 28.8 Å². The summed E-state index contributed by atoms with van der Waals surface area (Å²) < 4.78 is 5.95. The standard InChI is InChI=1S/C15H13N3O2S3/c1-20-11-5-2-4-10(8-11)16-14-17-18-15(23-14)22-9-12(19)13-6-3-7-21-13/h2-8H,9H2,1H3,(H,16,17). The van der Waals surface area contributed by atoms with Gasteiger partial charge < -0.3 is 10.1 Å². The maximum atomic E-state index is 12.0. The molecule has 0 aliphatic carbocycles. The Labute approximate surface area is 145 Å². The van der Waals surface area contributed by atoms with Gasteiger partial charge in [-0.05, 0) is 23.6 Å². The van der Waals surface area contributed by atoms with Gasteiger partial charge in [-0.1, -0.05) is 35.2 Å². The molecule has 2 heterocycles. The average Bonchev–Trinajstić information content (AvgIpc) is 3.25. The Hall–Kier alpha value is -1.90. The first-order valence-corrected chi connectivity index (χ1v) is 9.37. The molecule has 1 N–H and O–H groups in total. The van der Waals surface area contributed by atoms with Crippen molar-refractivity contribution in [3.63, 3.8) is 0 Å². The molecular weight excluding hydrogens is 350 g/mol. The number of methoxy groups -OCH3 is 1. The Bertz CT molecular complexity index is 787. The van der Waals surface area contributed by atoms with E-state index in [1.807, 2.05) is 41.8 Å².